The summed E-state index contributed by atoms with van der Waals surface area (Å²) in [5.41, 5.74) is 2.67. The van der Waals surface area contributed by atoms with Crippen molar-refractivity contribution >= 4 is 0 Å². The van der Waals surface area contributed by atoms with Gasteiger partial charge in [0.15, 0.2) is 0 Å². The fourth-order valence-corrected chi connectivity index (χ4v) is 1.69. The summed E-state index contributed by atoms with van der Waals surface area (Å²) in [6.45, 7) is 6.10. The van der Waals surface area contributed by atoms with Crippen LogP contribution in [0.2, 0.25) is 0 Å². The van der Waals surface area contributed by atoms with E-state index in [0.29, 0.717) is 0 Å². The minimum Gasteiger partial charge on any atom is -0.241 e. The van der Waals surface area contributed by atoms with Crippen LogP contribution in [-0.4, -0.2) is 9.97 Å². The summed E-state index contributed by atoms with van der Waals surface area (Å²) in [6, 6.07) is 0. The Morgan fingerprint density at radius 2 is 1.93 bits per heavy atom. The average Bonchev–Trinajstić information content (AvgIpc) is 2.31. The number of aryl methyl sites for hydroxylation is 3. The third kappa shape index (κ3) is 2.53. The molecule has 1 aliphatic rings. The average molecular weight is 192 g/mol. The Labute approximate surface area is 86.8 Å². The molecule has 1 aliphatic carbocycles. The van der Waals surface area contributed by atoms with Crippen LogP contribution < -0.4 is 0 Å². The van der Waals surface area contributed by atoms with Crippen molar-refractivity contribution in [3.05, 3.63) is 23.3 Å². The van der Waals surface area contributed by atoms with Crippen molar-refractivity contribution < 1.29 is 0 Å². The van der Waals surface area contributed by atoms with Crippen LogP contribution in [0.1, 0.15) is 50.7 Å². The van der Waals surface area contributed by atoms with E-state index in [4.69, 9.17) is 0 Å². The van der Waals surface area contributed by atoms with Gasteiger partial charge in [-0.1, -0.05) is 20.8 Å². The molecule has 0 spiro atoms. The standard InChI is InChI=1S/C10H14N2.C2H6/c1-2-10-11-7-8-5-3-4-6-9(8)12-10;1-2/h7H,2-6H2,1H3;1-2H3. The maximum absolute atomic E-state index is 4.52. The van der Waals surface area contributed by atoms with E-state index >= 15 is 0 Å². The van der Waals surface area contributed by atoms with Crippen LogP contribution in [-0.2, 0) is 19.3 Å². The smallest absolute Gasteiger partial charge is 0.128 e. The monoisotopic (exact) mass is 192 g/mol. The van der Waals surface area contributed by atoms with Gasteiger partial charge in [-0.05, 0) is 31.2 Å². The SMILES string of the molecule is CC.CCc1ncc2c(n1)CCCC2. The molecule has 0 saturated heterocycles. The quantitative estimate of drug-likeness (QED) is 0.683. The molecule has 0 fully saturated rings. The molecular weight excluding hydrogens is 172 g/mol. The second-order valence-electron chi connectivity index (χ2n) is 3.32. The molecule has 1 heterocycles. The van der Waals surface area contributed by atoms with Crippen LogP contribution in [0.3, 0.4) is 0 Å². The van der Waals surface area contributed by atoms with E-state index in [2.05, 4.69) is 16.9 Å². The number of nitrogens with zero attached hydrogens (tertiary/aromatic N) is 2. The molecule has 0 unspecified atom stereocenters. The normalized spacial score (nSPS) is 13.9. The first-order valence-electron chi connectivity index (χ1n) is 5.74. The highest BCUT2D eigenvalue weighted by molar-refractivity contribution is 5.20. The zero-order chi connectivity index (χ0) is 10.4. The van der Waals surface area contributed by atoms with E-state index in [0.717, 1.165) is 18.7 Å². The van der Waals surface area contributed by atoms with Crippen LogP contribution in [0, 0.1) is 0 Å². The summed E-state index contributed by atoms with van der Waals surface area (Å²) in [6.07, 6.45) is 7.91. The number of fused-ring (bicyclic) bond motifs is 1. The van der Waals surface area contributed by atoms with E-state index in [1.165, 1.54) is 30.5 Å². The fourth-order valence-electron chi connectivity index (χ4n) is 1.69. The van der Waals surface area contributed by atoms with E-state index in [1.807, 2.05) is 20.0 Å². The number of rotatable bonds is 1. The molecule has 14 heavy (non-hydrogen) atoms. The summed E-state index contributed by atoms with van der Waals surface area (Å²) < 4.78 is 0. The molecule has 2 nitrogen and oxygen atoms in total. The second kappa shape index (κ2) is 5.74. The van der Waals surface area contributed by atoms with E-state index in [1.54, 1.807) is 0 Å². The number of hydrogen-bond donors (Lipinski definition) is 0. The van der Waals surface area contributed by atoms with Crippen LogP contribution in [0.15, 0.2) is 6.20 Å². The lowest BCUT2D eigenvalue weighted by Gasteiger charge is -2.13. The second-order valence-corrected chi connectivity index (χ2v) is 3.32. The lowest BCUT2D eigenvalue weighted by molar-refractivity contribution is 0.654. The molecule has 0 atom stereocenters. The van der Waals surface area contributed by atoms with Gasteiger partial charge in [0.05, 0.1) is 0 Å². The largest absolute Gasteiger partial charge is 0.241 e. The van der Waals surface area contributed by atoms with Crippen molar-refractivity contribution in [3.8, 4) is 0 Å². The van der Waals surface area contributed by atoms with Crippen molar-refractivity contribution in [2.75, 3.05) is 0 Å². The topological polar surface area (TPSA) is 25.8 Å². The zero-order valence-corrected chi connectivity index (χ0v) is 9.51. The Hall–Kier alpha value is -0.920. The minimum atomic E-state index is 0.952. The lowest BCUT2D eigenvalue weighted by Crippen LogP contribution is -2.08. The van der Waals surface area contributed by atoms with Gasteiger partial charge < -0.3 is 0 Å². The van der Waals surface area contributed by atoms with Gasteiger partial charge in [-0.25, -0.2) is 9.97 Å². The molecule has 0 aromatic carbocycles. The third-order valence-corrected chi connectivity index (χ3v) is 2.43. The first-order valence-corrected chi connectivity index (χ1v) is 5.74. The molecule has 0 saturated carbocycles. The highest BCUT2D eigenvalue weighted by atomic mass is 14.9. The molecule has 78 valence electrons. The lowest BCUT2D eigenvalue weighted by atomic mass is 9.97. The summed E-state index contributed by atoms with van der Waals surface area (Å²) in [5.74, 6) is 0.996. The molecule has 0 aliphatic heterocycles. The Bertz CT molecular complexity index is 282. The molecule has 1 aromatic rings. The Balaban J connectivity index is 0.000000461. The van der Waals surface area contributed by atoms with Crippen LogP contribution in [0.25, 0.3) is 0 Å². The molecule has 1 aromatic heterocycles. The first-order chi connectivity index (χ1) is 6.90. The van der Waals surface area contributed by atoms with Gasteiger partial charge in [0.2, 0.25) is 0 Å². The van der Waals surface area contributed by atoms with Gasteiger partial charge in [-0.15, -0.1) is 0 Å². The number of aromatic nitrogens is 2. The first kappa shape index (κ1) is 11.2. The minimum absolute atomic E-state index is 0.952. The summed E-state index contributed by atoms with van der Waals surface area (Å²) >= 11 is 0. The van der Waals surface area contributed by atoms with Gasteiger partial charge >= 0.3 is 0 Å². The van der Waals surface area contributed by atoms with Gasteiger partial charge in [0.25, 0.3) is 0 Å². The summed E-state index contributed by atoms with van der Waals surface area (Å²) in [4.78, 5) is 8.82. The molecule has 0 bridgehead atoms. The van der Waals surface area contributed by atoms with Crippen molar-refractivity contribution in [3.63, 3.8) is 0 Å². The molecule has 0 N–H and O–H groups in total. The number of hydrogen-bond acceptors (Lipinski definition) is 2. The highest BCUT2D eigenvalue weighted by Gasteiger charge is 2.10. The molecule has 0 amide bonds. The van der Waals surface area contributed by atoms with Crippen molar-refractivity contribution in [2.45, 2.75) is 52.9 Å². The highest BCUT2D eigenvalue weighted by Crippen LogP contribution is 2.18. The Kier molecular flexibility index (Phi) is 4.57. The van der Waals surface area contributed by atoms with Gasteiger partial charge in [0, 0.05) is 18.3 Å². The van der Waals surface area contributed by atoms with Crippen LogP contribution in [0.4, 0.5) is 0 Å². The van der Waals surface area contributed by atoms with E-state index in [-0.39, 0.29) is 0 Å². The Morgan fingerprint density at radius 1 is 1.21 bits per heavy atom. The zero-order valence-electron chi connectivity index (χ0n) is 9.51. The summed E-state index contributed by atoms with van der Waals surface area (Å²) in [7, 11) is 0. The Morgan fingerprint density at radius 3 is 2.64 bits per heavy atom. The van der Waals surface area contributed by atoms with E-state index < -0.39 is 0 Å². The predicted molar refractivity (Wildman–Crippen MR) is 59.4 cm³/mol. The summed E-state index contributed by atoms with van der Waals surface area (Å²) in [5, 5.41) is 0. The van der Waals surface area contributed by atoms with E-state index in [9.17, 15) is 0 Å². The third-order valence-electron chi connectivity index (χ3n) is 2.43. The fraction of sp³-hybridized carbons (Fsp3) is 0.667. The van der Waals surface area contributed by atoms with Gasteiger partial charge in [-0.2, -0.15) is 0 Å². The maximum atomic E-state index is 4.52. The maximum Gasteiger partial charge on any atom is 0.128 e. The predicted octanol–water partition coefficient (Wildman–Crippen LogP) is 2.94. The molecule has 2 heteroatoms. The molecule has 0 radical (unpaired) electrons. The van der Waals surface area contributed by atoms with Gasteiger partial charge in [0.1, 0.15) is 5.82 Å². The van der Waals surface area contributed by atoms with Crippen LogP contribution in [0.5, 0.6) is 0 Å². The van der Waals surface area contributed by atoms with Crippen molar-refractivity contribution in [2.24, 2.45) is 0 Å². The molecular formula is C12H20N2. The van der Waals surface area contributed by atoms with Crippen LogP contribution >= 0.6 is 0 Å². The van der Waals surface area contributed by atoms with Crippen molar-refractivity contribution in [1.82, 2.24) is 9.97 Å². The van der Waals surface area contributed by atoms with Gasteiger partial charge in [-0.3, -0.25) is 0 Å². The molecule has 2 rings (SSSR count). The van der Waals surface area contributed by atoms with Crippen molar-refractivity contribution in [1.29, 1.82) is 0 Å².